The normalized spacial score (nSPS) is 15.4. The van der Waals surface area contributed by atoms with E-state index >= 15 is 0 Å². The first kappa shape index (κ1) is 51.3. The number of aliphatic hydroxyl groups excluding tert-OH is 2. The molecule has 0 spiro atoms. The van der Waals surface area contributed by atoms with Crippen molar-refractivity contribution >= 4 is 43.8 Å². The van der Waals surface area contributed by atoms with Crippen LogP contribution in [-0.2, 0) is 48.7 Å². The van der Waals surface area contributed by atoms with Crippen molar-refractivity contribution in [2.24, 2.45) is 0 Å². The van der Waals surface area contributed by atoms with Gasteiger partial charge in [-0.1, -0.05) is 36.4 Å². The molecule has 6 aromatic rings. The molecule has 6 N–H and O–H groups in total. The molecule has 0 radical (unpaired) electrons. The number of fused-ring (bicyclic) bond motifs is 2. The molecule has 0 saturated carbocycles. The summed E-state index contributed by atoms with van der Waals surface area (Å²) in [5.41, 5.74) is 9.94. The van der Waals surface area contributed by atoms with Gasteiger partial charge in [-0.15, -0.1) is 0 Å². The molecule has 18 nitrogen and oxygen atoms in total. The Bertz CT molecular complexity index is 2850. The molecule has 0 bridgehead atoms. The van der Waals surface area contributed by atoms with Crippen LogP contribution in [0.1, 0.15) is 93.5 Å². The Labute approximate surface area is 430 Å². The van der Waals surface area contributed by atoms with Crippen LogP contribution in [0.4, 0.5) is 0 Å². The number of aromatic nitrogens is 4. The standard InChI is InChI=1S/C52H48Br2N8O10/c53-43-13-33(23-59-25-35(63)15-47(65)66)49(69-27-31-11-29(17-55)19-57-21-31)61-51(43)71-45-9-7-39-37(3-1-5-41(39)45)38-4-2-6-42-40(38)8-10-46(42)72-52-44(54)14-34(24-60-26-36(64)16-48(67)68)50(62-52)70-28-32-12-30(18-56)20-58-22-32/h1-6,11-14,19-22,35-36,45-46,59-60,63-64H,7-10,15-16,23-28H2,(H,65,66)(H,67,68)/t35?,36?,45-,46-/m0/s1. The lowest BCUT2D eigenvalue weighted by molar-refractivity contribution is -0.140. The molecule has 4 atom stereocenters. The Morgan fingerprint density at radius 2 is 1.08 bits per heavy atom. The smallest absolute Gasteiger partial charge is 0.306 e. The zero-order chi connectivity index (χ0) is 50.7. The monoisotopic (exact) mass is 1100 g/mol. The second-order valence-corrected chi connectivity index (χ2v) is 19.0. The molecule has 0 saturated heterocycles. The maximum atomic E-state index is 11.1. The van der Waals surface area contributed by atoms with Crippen LogP contribution in [0.15, 0.2) is 94.4 Å². The number of carboxylic acids is 2. The van der Waals surface area contributed by atoms with E-state index in [1.807, 2.05) is 24.3 Å². The first-order valence-corrected chi connectivity index (χ1v) is 24.5. The molecule has 370 valence electrons. The zero-order valence-electron chi connectivity index (χ0n) is 38.6. The van der Waals surface area contributed by atoms with Crippen LogP contribution in [0, 0.1) is 22.7 Å². The van der Waals surface area contributed by atoms with Crippen LogP contribution < -0.4 is 29.6 Å². The van der Waals surface area contributed by atoms with Crippen molar-refractivity contribution in [2.75, 3.05) is 13.1 Å². The summed E-state index contributed by atoms with van der Waals surface area (Å²) in [7, 11) is 0. The molecule has 0 aliphatic heterocycles. The number of rotatable bonds is 23. The maximum Gasteiger partial charge on any atom is 0.306 e. The number of benzene rings is 2. The minimum atomic E-state index is -1.11. The summed E-state index contributed by atoms with van der Waals surface area (Å²) < 4.78 is 26.9. The molecule has 8 rings (SSSR count). The van der Waals surface area contributed by atoms with E-state index in [2.05, 4.69) is 88.9 Å². The van der Waals surface area contributed by atoms with E-state index in [1.165, 1.54) is 23.5 Å². The maximum absolute atomic E-state index is 11.1. The molecule has 72 heavy (non-hydrogen) atoms. The summed E-state index contributed by atoms with van der Waals surface area (Å²) in [6, 6.07) is 23.6. The number of nitriles is 2. The Morgan fingerprint density at radius 1 is 0.653 bits per heavy atom. The van der Waals surface area contributed by atoms with E-state index in [0.717, 1.165) is 35.1 Å². The van der Waals surface area contributed by atoms with Crippen molar-refractivity contribution in [3.8, 4) is 46.8 Å². The molecule has 4 heterocycles. The lowest BCUT2D eigenvalue weighted by Gasteiger charge is -2.20. The molecule has 20 heteroatoms. The van der Waals surface area contributed by atoms with Crippen LogP contribution in [-0.4, -0.2) is 77.6 Å². The van der Waals surface area contributed by atoms with E-state index in [-0.39, 0.29) is 63.4 Å². The van der Waals surface area contributed by atoms with E-state index in [1.54, 1.807) is 24.5 Å². The van der Waals surface area contributed by atoms with Crippen molar-refractivity contribution in [2.45, 2.75) is 89.2 Å². The molecule has 2 aliphatic rings. The average Bonchev–Trinajstić information content (AvgIpc) is 3.98. The van der Waals surface area contributed by atoms with E-state index in [0.29, 0.717) is 66.9 Å². The summed E-state index contributed by atoms with van der Waals surface area (Å²) in [5, 5.41) is 63.4. The summed E-state index contributed by atoms with van der Waals surface area (Å²) >= 11 is 7.31. The zero-order valence-corrected chi connectivity index (χ0v) is 41.7. The number of halogens is 2. The van der Waals surface area contributed by atoms with Gasteiger partial charge in [-0.05, 0) is 115 Å². The van der Waals surface area contributed by atoms with Crippen molar-refractivity contribution < 1.29 is 49.0 Å². The van der Waals surface area contributed by atoms with Crippen molar-refractivity contribution in [3.05, 3.63) is 150 Å². The SMILES string of the molecule is N#Cc1cncc(COc2nc(O[C@H]3CCc4c(-c5cccc6c5CC[C@@H]6Oc5nc(OCc6cncc(C#N)c6)c(CNCC(O)CC(=O)O)cc5Br)cccc43)c(Br)cc2CNCC(O)CC(=O)O)c1. The predicted octanol–water partition coefficient (Wildman–Crippen LogP) is 7.34. The van der Waals surface area contributed by atoms with Gasteiger partial charge < -0.3 is 50.0 Å². The number of carbonyl (C=O) groups is 2. The summed E-state index contributed by atoms with van der Waals surface area (Å²) in [4.78, 5) is 40.1. The lowest BCUT2D eigenvalue weighted by atomic mass is 9.91. The molecular formula is C52H48Br2N8O10. The second-order valence-electron chi connectivity index (χ2n) is 17.2. The minimum Gasteiger partial charge on any atom is -0.481 e. The lowest BCUT2D eigenvalue weighted by Crippen LogP contribution is -2.28. The predicted molar refractivity (Wildman–Crippen MR) is 266 cm³/mol. The number of ether oxygens (including phenoxy) is 4. The molecule has 4 aromatic heterocycles. The number of aliphatic carboxylic acids is 2. The van der Waals surface area contributed by atoms with Gasteiger partial charge in [-0.3, -0.25) is 19.6 Å². The number of aliphatic hydroxyl groups is 2. The fourth-order valence-corrected chi connectivity index (χ4v) is 9.68. The van der Waals surface area contributed by atoms with E-state index in [4.69, 9.17) is 39.1 Å². The Kier molecular flexibility index (Phi) is 17.0. The summed E-state index contributed by atoms with van der Waals surface area (Å²) in [6.45, 7) is 0.585. The van der Waals surface area contributed by atoms with Crippen molar-refractivity contribution in [3.63, 3.8) is 0 Å². The molecule has 0 fully saturated rings. The molecule has 2 aliphatic carbocycles. The van der Waals surface area contributed by atoms with Crippen LogP contribution in [0.5, 0.6) is 23.5 Å². The van der Waals surface area contributed by atoms with Crippen molar-refractivity contribution in [1.29, 1.82) is 10.5 Å². The fraction of sp³-hybridized carbons (Fsp3) is 0.308. The number of nitrogens with zero attached hydrogens (tertiary/aromatic N) is 6. The highest BCUT2D eigenvalue weighted by molar-refractivity contribution is 9.10. The Hall–Kier alpha value is -7.04. The summed E-state index contributed by atoms with van der Waals surface area (Å²) in [6.07, 6.45) is 5.34. The first-order valence-electron chi connectivity index (χ1n) is 23.0. The third kappa shape index (κ3) is 12.9. The highest BCUT2D eigenvalue weighted by Gasteiger charge is 2.32. The highest BCUT2D eigenvalue weighted by atomic mass is 79.9. The van der Waals surface area contributed by atoms with Gasteiger partial charge in [-0.2, -0.15) is 20.5 Å². The van der Waals surface area contributed by atoms with Crippen LogP contribution in [0.2, 0.25) is 0 Å². The number of hydrogen-bond acceptors (Lipinski definition) is 16. The van der Waals surface area contributed by atoms with Gasteiger partial charge in [0, 0.05) is 73.2 Å². The average molecular weight is 1100 g/mol. The number of pyridine rings is 4. The van der Waals surface area contributed by atoms with Crippen molar-refractivity contribution in [1.82, 2.24) is 30.6 Å². The van der Waals surface area contributed by atoms with Crippen LogP contribution >= 0.6 is 31.9 Å². The second kappa shape index (κ2) is 23.9. The molecular weight excluding hydrogens is 1060 g/mol. The van der Waals surface area contributed by atoms with Gasteiger partial charge in [0.2, 0.25) is 23.5 Å². The quantitative estimate of drug-likeness (QED) is 0.0366. The topological polar surface area (TPSA) is 275 Å². The van der Waals surface area contributed by atoms with E-state index < -0.39 is 37.0 Å². The number of carboxylic acid groups (broad SMARTS) is 2. The largest absolute Gasteiger partial charge is 0.481 e. The fourth-order valence-electron chi connectivity index (χ4n) is 8.76. The first-order chi connectivity index (χ1) is 34.8. The van der Waals surface area contributed by atoms with Crippen LogP contribution in [0.25, 0.3) is 11.1 Å². The highest BCUT2D eigenvalue weighted by Crippen LogP contribution is 2.46. The van der Waals surface area contributed by atoms with Crippen LogP contribution in [0.3, 0.4) is 0 Å². The Balaban J connectivity index is 1.01. The van der Waals surface area contributed by atoms with E-state index in [9.17, 15) is 30.3 Å². The number of nitrogens with one attached hydrogen (secondary N) is 2. The summed E-state index contributed by atoms with van der Waals surface area (Å²) in [5.74, 6) is -1.08. The van der Waals surface area contributed by atoms with Gasteiger partial charge >= 0.3 is 11.9 Å². The van der Waals surface area contributed by atoms with Gasteiger partial charge in [0.15, 0.2) is 0 Å². The van der Waals surface area contributed by atoms with Gasteiger partial charge in [-0.25, -0.2) is 0 Å². The van der Waals surface area contributed by atoms with Gasteiger partial charge in [0.25, 0.3) is 0 Å². The third-order valence-corrected chi connectivity index (χ3v) is 13.1. The van der Waals surface area contributed by atoms with Gasteiger partial charge in [0.05, 0.1) is 45.1 Å². The number of hydrogen-bond donors (Lipinski definition) is 6. The Morgan fingerprint density at radius 3 is 1.49 bits per heavy atom. The molecule has 0 amide bonds. The minimum absolute atomic E-state index is 0.0294. The molecule has 2 unspecified atom stereocenters. The molecule has 2 aromatic carbocycles. The van der Waals surface area contributed by atoms with Gasteiger partial charge in [0.1, 0.15) is 37.6 Å². The third-order valence-electron chi connectivity index (χ3n) is 12.0.